The van der Waals surface area contributed by atoms with Crippen LogP contribution in [0.15, 0.2) is 36.4 Å². The van der Waals surface area contributed by atoms with Crippen LogP contribution in [-0.4, -0.2) is 25.3 Å². The van der Waals surface area contributed by atoms with Crippen LogP contribution >= 0.6 is 0 Å². The summed E-state index contributed by atoms with van der Waals surface area (Å²) in [4.78, 5) is 10.2. The predicted molar refractivity (Wildman–Crippen MR) is 65.4 cm³/mol. The van der Waals surface area contributed by atoms with Crippen LogP contribution in [0, 0.1) is 0 Å². The zero-order valence-electron chi connectivity index (χ0n) is 9.71. The Kier molecular flexibility index (Phi) is 4.81. The lowest BCUT2D eigenvalue weighted by molar-refractivity contribution is -0.131. The fourth-order valence-corrected chi connectivity index (χ4v) is 1.26. The van der Waals surface area contributed by atoms with E-state index >= 15 is 0 Å². The predicted octanol–water partition coefficient (Wildman–Crippen LogP) is 2.36. The van der Waals surface area contributed by atoms with Gasteiger partial charge in [0.15, 0.2) is 11.5 Å². The summed E-state index contributed by atoms with van der Waals surface area (Å²) >= 11 is 0. The molecular weight excluding hydrogens is 220 g/mol. The average molecular weight is 234 g/mol. The number of hydrogen-bond donors (Lipinski definition) is 1. The van der Waals surface area contributed by atoms with E-state index in [1.54, 1.807) is 32.4 Å². The van der Waals surface area contributed by atoms with Gasteiger partial charge in [-0.3, -0.25) is 0 Å². The van der Waals surface area contributed by atoms with Crippen molar-refractivity contribution < 1.29 is 19.4 Å². The van der Waals surface area contributed by atoms with E-state index in [4.69, 9.17) is 14.6 Å². The number of hydrogen-bond acceptors (Lipinski definition) is 3. The summed E-state index contributed by atoms with van der Waals surface area (Å²) in [6, 6.07) is 5.45. The van der Waals surface area contributed by atoms with Gasteiger partial charge in [0.1, 0.15) is 0 Å². The number of carbonyl (C=O) groups is 1. The molecule has 0 fully saturated rings. The minimum Gasteiger partial charge on any atom is -0.493 e. The molecule has 0 spiro atoms. The average Bonchev–Trinajstić information content (AvgIpc) is 2.34. The van der Waals surface area contributed by atoms with Gasteiger partial charge in [0.25, 0.3) is 0 Å². The number of carboxylic acids is 1. The minimum atomic E-state index is -0.970. The molecule has 0 aliphatic carbocycles. The van der Waals surface area contributed by atoms with Gasteiger partial charge >= 0.3 is 5.97 Å². The molecule has 0 saturated carbocycles. The molecule has 0 bridgehead atoms. The highest BCUT2D eigenvalue weighted by atomic mass is 16.5. The fraction of sp³-hybridized carbons (Fsp3) is 0.154. The minimum absolute atomic E-state index is 0.636. The molecular formula is C13H14O4. The topological polar surface area (TPSA) is 55.8 Å². The molecule has 4 nitrogen and oxygen atoms in total. The normalized spacial score (nSPS) is 10.9. The number of allylic oxidation sites excluding steroid dienone is 2. The van der Waals surface area contributed by atoms with Crippen molar-refractivity contribution in [1.29, 1.82) is 0 Å². The van der Waals surface area contributed by atoms with Crippen LogP contribution in [0.2, 0.25) is 0 Å². The highest BCUT2D eigenvalue weighted by Crippen LogP contribution is 2.27. The van der Waals surface area contributed by atoms with Crippen LogP contribution in [-0.2, 0) is 4.79 Å². The standard InChI is InChI=1S/C13H14O4/c1-16-11-8-7-10(9-12(11)17-2)5-3-4-6-13(14)15/h3-9H,1-2H3,(H,14,15)/b5-3-,6-4+. The molecule has 0 aromatic heterocycles. The van der Waals surface area contributed by atoms with E-state index < -0.39 is 5.97 Å². The summed E-state index contributed by atoms with van der Waals surface area (Å²) in [5, 5.41) is 8.40. The summed E-state index contributed by atoms with van der Waals surface area (Å²) in [6.45, 7) is 0. The zero-order chi connectivity index (χ0) is 12.7. The molecule has 0 saturated heterocycles. The van der Waals surface area contributed by atoms with Crippen molar-refractivity contribution in [3.05, 3.63) is 42.0 Å². The van der Waals surface area contributed by atoms with Crippen molar-refractivity contribution in [2.75, 3.05) is 14.2 Å². The molecule has 0 heterocycles. The largest absolute Gasteiger partial charge is 0.493 e. The Labute approximate surface area is 99.8 Å². The lowest BCUT2D eigenvalue weighted by atomic mass is 10.2. The summed E-state index contributed by atoms with van der Waals surface area (Å²) in [5.41, 5.74) is 0.901. The SMILES string of the molecule is COc1ccc(/C=C\C=C\C(=O)O)cc1OC. The Bertz CT molecular complexity index is 447. The van der Waals surface area contributed by atoms with E-state index in [0.29, 0.717) is 11.5 Å². The van der Waals surface area contributed by atoms with Crippen molar-refractivity contribution in [3.8, 4) is 11.5 Å². The molecule has 4 heteroatoms. The molecule has 90 valence electrons. The maximum atomic E-state index is 10.2. The number of ether oxygens (including phenoxy) is 2. The van der Waals surface area contributed by atoms with Gasteiger partial charge < -0.3 is 14.6 Å². The molecule has 1 N–H and O–H groups in total. The second-order valence-electron chi connectivity index (χ2n) is 3.17. The molecule has 0 aliphatic rings. The van der Waals surface area contributed by atoms with Crippen molar-refractivity contribution in [2.45, 2.75) is 0 Å². The molecule has 1 rings (SSSR count). The monoisotopic (exact) mass is 234 g/mol. The lowest BCUT2D eigenvalue weighted by Gasteiger charge is -2.07. The first-order chi connectivity index (χ1) is 8.17. The summed E-state index contributed by atoms with van der Waals surface area (Å²) in [7, 11) is 3.14. The summed E-state index contributed by atoms with van der Waals surface area (Å²) in [6.07, 6.45) is 5.95. The second kappa shape index (κ2) is 6.37. The highest BCUT2D eigenvalue weighted by Gasteiger charge is 2.01. The quantitative estimate of drug-likeness (QED) is 0.627. The van der Waals surface area contributed by atoms with Gasteiger partial charge in [0.05, 0.1) is 14.2 Å². The first-order valence-electron chi connectivity index (χ1n) is 4.97. The third kappa shape index (κ3) is 4.03. The van der Waals surface area contributed by atoms with Crippen LogP contribution in [0.5, 0.6) is 11.5 Å². The smallest absolute Gasteiger partial charge is 0.328 e. The third-order valence-corrected chi connectivity index (χ3v) is 2.05. The van der Waals surface area contributed by atoms with Gasteiger partial charge in [0, 0.05) is 6.08 Å². The zero-order valence-corrected chi connectivity index (χ0v) is 9.71. The van der Waals surface area contributed by atoms with Gasteiger partial charge in [0.2, 0.25) is 0 Å². The molecule has 0 atom stereocenters. The van der Waals surface area contributed by atoms with Gasteiger partial charge in [-0.2, -0.15) is 0 Å². The summed E-state index contributed by atoms with van der Waals surface area (Å²) < 4.78 is 10.3. The Morgan fingerprint density at radius 1 is 1.18 bits per heavy atom. The molecule has 0 unspecified atom stereocenters. The highest BCUT2D eigenvalue weighted by molar-refractivity contribution is 5.80. The molecule has 0 radical (unpaired) electrons. The Morgan fingerprint density at radius 3 is 2.47 bits per heavy atom. The molecule has 0 amide bonds. The number of carboxylic acid groups (broad SMARTS) is 1. The maximum absolute atomic E-state index is 10.2. The van der Waals surface area contributed by atoms with Crippen LogP contribution in [0.25, 0.3) is 6.08 Å². The third-order valence-electron chi connectivity index (χ3n) is 2.05. The van der Waals surface area contributed by atoms with E-state index in [1.807, 2.05) is 12.1 Å². The lowest BCUT2D eigenvalue weighted by Crippen LogP contribution is -1.90. The van der Waals surface area contributed by atoms with Crippen molar-refractivity contribution in [1.82, 2.24) is 0 Å². The number of aliphatic carboxylic acids is 1. The van der Waals surface area contributed by atoms with E-state index in [0.717, 1.165) is 11.6 Å². The fourth-order valence-electron chi connectivity index (χ4n) is 1.26. The first kappa shape index (κ1) is 12.8. The molecule has 1 aromatic rings. The molecule has 17 heavy (non-hydrogen) atoms. The molecule has 0 aliphatic heterocycles. The van der Waals surface area contributed by atoms with Gasteiger partial charge in [-0.25, -0.2) is 4.79 Å². The Balaban J connectivity index is 2.82. The van der Waals surface area contributed by atoms with E-state index in [2.05, 4.69) is 0 Å². The van der Waals surface area contributed by atoms with E-state index in [9.17, 15) is 4.79 Å². The van der Waals surface area contributed by atoms with Crippen molar-refractivity contribution in [2.24, 2.45) is 0 Å². The molecule has 1 aromatic carbocycles. The van der Waals surface area contributed by atoms with Gasteiger partial charge in [-0.05, 0) is 17.7 Å². The Morgan fingerprint density at radius 2 is 1.88 bits per heavy atom. The number of benzene rings is 1. The second-order valence-corrected chi connectivity index (χ2v) is 3.17. The van der Waals surface area contributed by atoms with E-state index in [-0.39, 0.29) is 0 Å². The van der Waals surface area contributed by atoms with Crippen LogP contribution in [0.4, 0.5) is 0 Å². The maximum Gasteiger partial charge on any atom is 0.328 e. The Hall–Kier alpha value is -2.23. The van der Waals surface area contributed by atoms with Crippen LogP contribution < -0.4 is 9.47 Å². The van der Waals surface area contributed by atoms with Gasteiger partial charge in [-0.1, -0.05) is 24.3 Å². The summed E-state index contributed by atoms with van der Waals surface area (Å²) in [5.74, 6) is 0.324. The van der Waals surface area contributed by atoms with Crippen molar-refractivity contribution in [3.63, 3.8) is 0 Å². The van der Waals surface area contributed by atoms with Crippen molar-refractivity contribution >= 4 is 12.0 Å². The van der Waals surface area contributed by atoms with E-state index in [1.165, 1.54) is 6.08 Å². The first-order valence-corrected chi connectivity index (χ1v) is 4.97. The van der Waals surface area contributed by atoms with Gasteiger partial charge in [-0.15, -0.1) is 0 Å². The number of methoxy groups -OCH3 is 2. The number of rotatable bonds is 5. The van der Waals surface area contributed by atoms with Crippen LogP contribution in [0.3, 0.4) is 0 Å². The van der Waals surface area contributed by atoms with Crippen LogP contribution in [0.1, 0.15) is 5.56 Å².